The van der Waals surface area contributed by atoms with Crippen LogP contribution in [-0.2, 0) is 0 Å². The molecular weight excluding hydrogens is 527 g/mol. The Morgan fingerprint density at radius 1 is 1.19 bits per heavy atom. The minimum absolute atomic E-state index is 0. The molecule has 0 spiro atoms. The van der Waals surface area contributed by atoms with Crippen LogP contribution in [0.25, 0.3) is 0 Å². The fourth-order valence-electron chi connectivity index (χ4n) is 3.30. The molecule has 0 bridgehead atoms. The number of furan rings is 1. The number of benzene rings is 1. The van der Waals surface area contributed by atoms with Gasteiger partial charge >= 0.3 is 0 Å². The summed E-state index contributed by atoms with van der Waals surface area (Å²) in [6.45, 7) is 5.86. The van der Waals surface area contributed by atoms with Crippen LogP contribution in [0.4, 0.5) is 0 Å². The summed E-state index contributed by atoms with van der Waals surface area (Å²) in [7, 11) is 3.51. The smallest absolute Gasteiger partial charge is 0.289 e. The Morgan fingerprint density at radius 2 is 1.90 bits per heavy atom. The summed E-state index contributed by atoms with van der Waals surface area (Å²) in [6.07, 6.45) is 1.53. The molecule has 2 heterocycles. The number of rotatable bonds is 7. The lowest BCUT2D eigenvalue weighted by molar-refractivity contribution is 0.0657. The summed E-state index contributed by atoms with van der Waals surface area (Å²) < 4.78 is 10.7. The summed E-state index contributed by atoms with van der Waals surface area (Å²) in [5.41, 5.74) is 0. The first kappa shape index (κ1) is 25.4. The molecule has 1 aromatic carbocycles. The van der Waals surface area contributed by atoms with E-state index in [9.17, 15) is 4.79 Å². The van der Waals surface area contributed by atoms with Gasteiger partial charge in [0.2, 0.25) is 0 Å². The van der Waals surface area contributed by atoms with Crippen LogP contribution in [-0.4, -0.2) is 74.3 Å². The highest BCUT2D eigenvalue weighted by atomic mass is 127. The van der Waals surface area contributed by atoms with Gasteiger partial charge in [0.25, 0.3) is 5.91 Å². The summed E-state index contributed by atoms with van der Waals surface area (Å²) in [5.74, 6) is 3.58. The summed E-state index contributed by atoms with van der Waals surface area (Å²) in [6, 6.07) is 11.5. The predicted octanol–water partition coefficient (Wildman–Crippen LogP) is 3.67. The predicted molar refractivity (Wildman–Crippen MR) is 136 cm³/mol. The molecule has 0 aliphatic carbocycles. The van der Waals surface area contributed by atoms with Crippen LogP contribution in [0.3, 0.4) is 0 Å². The van der Waals surface area contributed by atoms with Crippen molar-refractivity contribution in [1.29, 1.82) is 0 Å². The highest BCUT2D eigenvalue weighted by molar-refractivity contribution is 14.0. The van der Waals surface area contributed by atoms with E-state index in [4.69, 9.17) is 9.15 Å². The van der Waals surface area contributed by atoms with Gasteiger partial charge in [-0.15, -0.1) is 35.7 Å². The zero-order valence-electron chi connectivity index (χ0n) is 18.2. The monoisotopic (exact) mass is 558 g/mol. The Labute approximate surface area is 205 Å². The molecule has 1 fully saturated rings. The van der Waals surface area contributed by atoms with Crippen LogP contribution < -0.4 is 10.1 Å². The molecule has 9 heteroatoms. The number of carbonyl (C=O) groups is 1. The zero-order chi connectivity index (χ0) is 21.3. The number of hydrogen-bond acceptors (Lipinski definition) is 5. The topological polar surface area (TPSA) is 70.3 Å². The van der Waals surface area contributed by atoms with Crippen molar-refractivity contribution < 1.29 is 13.9 Å². The van der Waals surface area contributed by atoms with Gasteiger partial charge in [0.15, 0.2) is 11.7 Å². The van der Waals surface area contributed by atoms with Gasteiger partial charge in [0.1, 0.15) is 5.75 Å². The fourth-order valence-corrected chi connectivity index (χ4v) is 4.35. The number of halogens is 1. The second-order valence-electron chi connectivity index (χ2n) is 7.25. The zero-order valence-corrected chi connectivity index (χ0v) is 21.4. The average molecular weight is 558 g/mol. The molecule has 0 saturated carbocycles. The minimum atomic E-state index is -0.0513. The normalized spacial score (nSPS) is 15.3. The van der Waals surface area contributed by atoms with Crippen LogP contribution >= 0.6 is 35.7 Å². The molecule has 31 heavy (non-hydrogen) atoms. The molecule has 1 saturated heterocycles. The van der Waals surface area contributed by atoms with Gasteiger partial charge in [-0.25, -0.2) is 0 Å². The third kappa shape index (κ3) is 7.06. The second-order valence-corrected chi connectivity index (χ2v) is 8.31. The first-order chi connectivity index (χ1) is 14.6. The van der Waals surface area contributed by atoms with E-state index in [0.717, 1.165) is 42.0 Å². The number of piperazine rings is 1. The van der Waals surface area contributed by atoms with Crippen molar-refractivity contribution in [3.05, 3.63) is 48.4 Å². The van der Waals surface area contributed by atoms with Gasteiger partial charge in [0, 0.05) is 50.4 Å². The van der Waals surface area contributed by atoms with Crippen LogP contribution in [0, 0.1) is 5.92 Å². The maximum absolute atomic E-state index is 12.4. The number of ether oxygens (including phenoxy) is 1. The Kier molecular flexibility index (Phi) is 10.5. The van der Waals surface area contributed by atoms with Gasteiger partial charge in [-0.05, 0) is 30.2 Å². The second kappa shape index (κ2) is 12.8. The number of nitrogens with one attached hydrogen (secondary N) is 1. The Hall–Kier alpha value is -1.88. The number of amides is 1. The number of nitrogens with zero attached hydrogens (tertiary/aromatic N) is 3. The summed E-state index contributed by atoms with van der Waals surface area (Å²) in [4.78, 5) is 22.0. The summed E-state index contributed by atoms with van der Waals surface area (Å²) in [5, 5.41) is 3.48. The molecule has 1 amide bonds. The molecule has 3 rings (SSSR count). The average Bonchev–Trinajstić information content (AvgIpc) is 3.33. The molecule has 7 nitrogen and oxygen atoms in total. The lowest BCUT2D eigenvalue weighted by atomic mass is 10.2. The van der Waals surface area contributed by atoms with E-state index in [1.165, 1.54) is 6.26 Å². The number of para-hydroxylation sites is 1. The van der Waals surface area contributed by atoms with E-state index in [1.807, 2.05) is 23.1 Å². The Bertz CT molecular complexity index is 839. The molecule has 1 aromatic heterocycles. The number of hydrogen-bond donors (Lipinski definition) is 1. The van der Waals surface area contributed by atoms with Crippen molar-refractivity contribution >= 4 is 47.6 Å². The number of methoxy groups -OCH3 is 1. The van der Waals surface area contributed by atoms with Crippen molar-refractivity contribution in [3.63, 3.8) is 0 Å². The van der Waals surface area contributed by atoms with Crippen LogP contribution in [0.2, 0.25) is 0 Å². The van der Waals surface area contributed by atoms with E-state index in [-0.39, 0.29) is 29.9 Å². The molecule has 1 aliphatic rings. The lowest BCUT2D eigenvalue weighted by Gasteiger charge is -2.36. The van der Waals surface area contributed by atoms with Crippen molar-refractivity contribution in [1.82, 2.24) is 15.1 Å². The SMILES string of the molecule is CN=C(NCC(C)CSc1ccccc1OC)N1CCN(C(=O)c2ccco2)CC1.I. The van der Waals surface area contributed by atoms with Crippen LogP contribution in [0.1, 0.15) is 17.5 Å². The number of carbonyl (C=O) groups excluding carboxylic acids is 1. The van der Waals surface area contributed by atoms with E-state index in [0.29, 0.717) is 24.8 Å². The fraction of sp³-hybridized carbons (Fsp3) is 0.455. The highest BCUT2D eigenvalue weighted by Crippen LogP contribution is 2.29. The molecule has 170 valence electrons. The molecule has 0 radical (unpaired) electrons. The molecule has 1 unspecified atom stereocenters. The minimum Gasteiger partial charge on any atom is -0.496 e. The quantitative estimate of drug-likeness (QED) is 0.242. The van der Waals surface area contributed by atoms with Crippen molar-refractivity contribution in [2.45, 2.75) is 11.8 Å². The number of aliphatic imine (C=N–C) groups is 1. The maximum Gasteiger partial charge on any atom is 0.289 e. The number of guanidine groups is 1. The lowest BCUT2D eigenvalue weighted by Crippen LogP contribution is -2.54. The maximum atomic E-state index is 12.4. The Balaban J connectivity index is 0.00000341. The highest BCUT2D eigenvalue weighted by Gasteiger charge is 2.25. The third-order valence-corrected chi connectivity index (χ3v) is 6.40. The largest absolute Gasteiger partial charge is 0.496 e. The van der Waals surface area contributed by atoms with Crippen LogP contribution in [0.5, 0.6) is 5.75 Å². The van der Waals surface area contributed by atoms with Gasteiger partial charge in [-0.1, -0.05) is 19.1 Å². The van der Waals surface area contributed by atoms with E-state index in [1.54, 1.807) is 38.1 Å². The van der Waals surface area contributed by atoms with Crippen LogP contribution in [0.15, 0.2) is 57.0 Å². The summed E-state index contributed by atoms with van der Waals surface area (Å²) >= 11 is 1.81. The molecule has 1 atom stereocenters. The van der Waals surface area contributed by atoms with Gasteiger partial charge in [0.05, 0.1) is 13.4 Å². The van der Waals surface area contributed by atoms with Crippen molar-refractivity contribution in [3.8, 4) is 5.75 Å². The van der Waals surface area contributed by atoms with E-state index < -0.39 is 0 Å². The Morgan fingerprint density at radius 3 is 2.55 bits per heavy atom. The van der Waals surface area contributed by atoms with Gasteiger partial charge < -0.3 is 24.3 Å². The van der Waals surface area contributed by atoms with Gasteiger partial charge in [-0.3, -0.25) is 9.79 Å². The molecule has 1 N–H and O–H groups in total. The standard InChI is InChI=1S/C22H30N4O3S.HI/c1-17(16-30-20-9-5-4-7-18(20)28-3)15-24-22(23-2)26-12-10-25(11-13-26)21(27)19-8-6-14-29-19;/h4-9,14,17H,10-13,15-16H2,1-3H3,(H,23,24);1H. The molecular formula is C22H31IN4O3S. The number of thioether (sulfide) groups is 1. The first-order valence-corrected chi connectivity index (χ1v) is 11.1. The van der Waals surface area contributed by atoms with Crippen molar-refractivity contribution in [2.24, 2.45) is 10.9 Å². The van der Waals surface area contributed by atoms with E-state index >= 15 is 0 Å². The first-order valence-electron chi connectivity index (χ1n) is 10.2. The van der Waals surface area contributed by atoms with Gasteiger partial charge in [-0.2, -0.15) is 0 Å². The van der Waals surface area contributed by atoms with E-state index in [2.05, 4.69) is 28.2 Å². The van der Waals surface area contributed by atoms with Crippen molar-refractivity contribution in [2.75, 3.05) is 52.6 Å². The molecule has 2 aromatic rings. The molecule has 1 aliphatic heterocycles. The third-order valence-electron chi connectivity index (χ3n) is 5.01.